The van der Waals surface area contributed by atoms with Crippen molar-refractivity contribution >= 4 is 29.9 Å². The van der Waals surface area contributed by atoms with Crippen molar-refractivity contribution in [3.8, 4) is 5.69 Å². The molecule has 3 heterocycles. The largest absolute Gasteiger partial charge is 0.381 e. The van der Waals surface area contributed by atoms with E-state index in [1.807, 2.05) is 16.9 Å². The van der Waals surface area contributed by atoms with Crippen LogP contribution < -0.4 is 10.6 Å². The minimum absolute atomic E-state index is 0. The maximum absolute atomic E-state index is 5.67. The number of likely N-dealkylation sites (tertiary alicyclic amines) is 1. The molecule has 2 fully saturated rings. The highest BCUT2D eigenvalue weighted by Gasteiger charge is 2.39. The van der Waals surface area contributed by atoms with Gasteiger partial charge in [-0.1, -0.05) is 12.1 Å². The minimum Gasteiger partial charge on any atom is -0.381 e. The Labute approximate surface area is 209 Å². The second-order valence-electron chi connectivity index (χ2n) is 8.52. The van der Waals surface area contributed by atoms with E-state index in [4.69, 9.17) is 9.73 Å². The van der Waals surface area contributed by atoms with Gasteiger partial charge in [-0.25, -0.2) is 4.68 Å². The first-order valence-electron chi connectivity index (χ1n) is 11.7. The Kier molecular flexibility index (Phi) is 9.80. The van der Waals surface area contributed by atoms with Crippen LogP contribution in [-0.2, 0) is 11.2 Å². The average Bonchev–Trinajstić information content (AvgIpc) is 3.53. The first kappa shape index (κ1) is 25.0. The van der Waals surface area contributed by atoms with Crippen LogP contribution in [0.25, 0.3) is 5.69 Å². The van der Waals surface area contributed by atoms with Gasteiger partial charge in [-0.05, 0) is 75.9 Å². The molecular weight excluding hydrogens is 515 g/mol. The fourth-order valence-electron chi connectivity index (χ4n) is 4.65. The number of aromatic nitrogens is 2. The Morgan fingerprint density at radius 1 is 1.12 bits per heavy atom. The summed E-state index contributed by atoms with van der Waals surface area (Å²) in [7, 11) is 0. The number of nitrogens with zero attached hydrogens (tertiary/aromatic N) is 4. The highest BCUT2D eigenvalue weighted by atomic mass is 127. The molecule has 0 radical (unpaired) electrons. The number of halogens is 1. The van der Waals surface area contributed by atoms with Gasteiger partial charge in [-0.15, -0.1) is 24.0 Å². The van der Waals surface area contributed by atoms with Gasteiger partial charge in [-0.3, -0.25) is 9.89 Å². The molecule has 0 atom stereocenters. The fourth-order valence-corrected chi connectivity index (χ4v) is 4.65. The van der Waals surface area contributed by atoms with Gasteiger partial charge < -0.3 is 15.4 Å². The summed E-state index contributed by atoms with van der Waals surface area (Å²) in [6, 6.07) is 10.5. The van der Waals surface area contributed by atoms with E-state index in [2.05, 4.69) is 51.8 Å². The molecule has 7 nitrogen and oxygen atoms in total. The molecule has 2 aromatic rings. The maximum atomic E-state index is 5.67. The van der Waals surface area contributed by atoms with Gasteiger partial charge in [0.15, 0.2) is 5.96 Å². The van der Waals surface area contributed by atoms with E-state index in [-0.39, 0.29) is 29.5 Å². The zero-order chi connectivity index (χ0) is 21.4. The molecule has 0 amide bonds. The van der Waals surface area contributed by atoms with Crippen molar-refractivity contribution in [3.63, 3.8) is 0 Å². The number of hydrogen-bond acceptors (Lipinski definition) is 4. The lowest BCUT2D eigenvalue weighted by atomic mass is 9.88. The molecule has 2 aliphatic rings. The summed E-state index contributed by atoms with van der Waals surface area (Å²) in [6.07, 6.45) is 9.50. The van der Waals surface area contributed by atoms with Crippen LogP contribution in [0.1, 0.15) is 38.2 Å². The molecule has 0 bridgehead atoms. The van der Waals surface area contributed by atoms with Gasteiger partial charge in [0.1, 0.15) is 0 Å². The molecule has 0 spiro atoms. The summed E-state index contributed by atoms with van der Waals surface area (Å²) in [5, 5.41) is 11.2. The van der Waals surface area contributed by atoms with Crippen LogP contribution >= 0.6 is 24.0 Å². The van der Waals surface area contributed by atoms with Crippen molar-refractivity contribution in [1.82, 2.24) is 25.3 Å². The highest BCUT2D eigenvalue weighted by molar-refractivity contribution is 14.0. The molecule has 176 valence electrons. The third-order valence-electron chi connectivity index (χ3n) is 6.49. The van der Waals surface area contributed by atoms with E-state index in [1.54, 1.807) is 6.20 Å². The van der Waals surface area contributed by atoms with Gasteiger partial charge in [0.25, 0.3) is 0 Å². The van der Waals surface area contributed by atoms with Gasteiger partial charge in [-0.2, -0.15) is 5.10 Å². The second-order valence-corrected chi connectivity index (χ2v) is 8.52. The number of rotatable bonds is 8. The van der Waals surface area contributed by atoms with Crippen LogP contribution in [0.3, 0.4) is 0 Å². The highest BCUT2D eigenvalue weighted by Crippen LogP contribution is 2.31. The normalized spacial score (nSPS) is 18.8. The standard InChI is InChI=1S/C24H36N6O.HI/c1-2-25-23(27-20-24(11-18-31-19-12-24)29-15-3-4-16-29)26-14-10-21-6-8-22(9-7-21)30-17-5-13-28-30;/h5-9,13,17H,2-4,10-12,14-16,18-20H2,1H3,(H2,25,26,27);1H. The van der Waals surface area contributed by atoms with Crippen LogP contribution in [0.5, 0.6) is 0 Å². The zero-order valence-electron chi connectivity index (χ0n) is 19.1. The van der Waals surface area contributed by atoms with E-state index in [0.29, 0.717) is 0 Å². The molecule has 4 rings (SSSR count). The van der Waals surface area contributed by atoms with Crippen molar-refractivity contribution < 1.29 is 4.74 Å². The summed E-state index contributed by atoms with van der Waals surface area (Å²) < 4.78 is 7.55. The maximum Gasteiger partial charge on any atom is 0.191 e. The molecule has 32 heavy (non-hydrogen) atoms. The molecule has 1 aromatic carbocycles. The van der Waals surface area contributed by atoms with E-state index in [0.717, 1.165) is 63.8 Å². The first-order valence-corrected chi connectivity index (χ1v) is 11.7. The lowest BCUT2D eigenvalue weighted by Gasteiger charge is -2.43. The summed E-state index contributed by atoms with van der Waals surface area (Å²) >= 11 is 0. The number of guanidine groups is 1. The first-order chi connectivity index (χ1) is 15.3. The predicted molar refractivity (Wildman–Crippen MR) is 140 cm³/mol. The van der Waals surface area contributed by atoms with Crippen LogP contribution in [0.2, 0.25) is 0 Å². The van der Waals surface area contributed by atoms with Crippen LogP contribution in [0, 0.1) is 0 Å². The monoisotopic (exact) mass is 552 g/mol. The molecule has 2 aliphatic heterocycles. The van der Waals surface area contributed by atoms with Crippen molar-refractivity contribution in [3.05, 3.63) is 48.3 Å². The van der Waals surface area contributed by atoms with Crippen LogP contribution in [0.15, 0.2) is 47.7 Å². The number of benzene rings is 1. The summed E-state index contributed by atoms with van der Waals surface area (Å²) in [5.74, 6) is 0.917. The van der Waals surface area contributed by atoms with Crippen molar-refractivity contribution in [2.45, 2.75) is 44.6 Å². The van der Waals surface area contributed by atoms with Gasteiger partial charge in [0.2, 0.25) is 0 Å². The second kappa shape index (κ2) is 12.6. The molecule has 1 aromatic heterocycles. The molecule has 8 heteroatoms. The number of hydrogen-bond donors (Lipinski definition) is 2. The van der Waals surface area contributed by atoms with Crippen LogP contribution in [-0.4, -0.2) is 72.1 Å². The third-order valence-corrected chi connectivity index (χ3v) is 6.49. The third kappa shape index (κ3) is 6.45. The predicted octanol–water partition coefficient (Wildman–Crippen LogP) is 3.23. The molecular formula is C24H37IN6O. The minimum atomic E-state index is 0. The Morgan fingerprint density at radius 2 is 1.88 bits per heavy atom. The fraction of sp³-hybridized carbons (Fsp3) is 0.583. The van der Waals surface area contributed by atoms with E-state index in [9.17, 15) is 0 Å². The average molecular weight is 553 g/mol. The molecule has 0 saturated carbocycles. The van der Waals surface area contributed by atoms with Gasteiger partial charge >= 0.3 is 0 Å². The molecule has 0 unspecified atom stereocenters. The molecule has 2 saturated heterocycles. The molecule has 0 aliphatic carbocycles. The number of aliphatic imine (C=N–C) groups is 1. The summed E-state index contributed by atoms with van der Waals surface area (Å²) in [6.45, 7) is 8.79. The lowest BCUT2D eigenvalue weighted by molar-refractivity contribution is -0.0139. The van der Waals surface area contributed by atoms with Crippen molar-refractivity contribution in [2.24, 2.45) is 4.99 Å². The summed E-state index contributed by atoms with van der Waals surface area (Å²) in [5.41, 5.74) is 2.55. The number of nitrogens with one attached hydrogen (secondary N) is 2. The Balaban J connectivity index is 0.00000289. The van der Waals surface area contributed by atoms with E-state index in [1.165, 1.54) is 31.5 Å². The SMILES string of the molecule is CCNC(=NCC1(N2CCCC2)CCOCC1)NCCc1ccc(-n2cccn2)cc1.I. The van der Waals surface area contributed by atoms with Crippen molar-refractivity contribution in [2.75, 3.05) is 45.9 Å². The quantitative estimate of drug-likeness (QED) is 0.299. The van der Waals surface area contributed by atoms with Crippen molar-refractivity contribution in [1.29, 1.82) is 0 Å². The summed E-state index contributed by atoms with van der Waals surface area (Å²) in [4.78, 5) is 7.69. The van der Waals surface area contributed by atoms with Gasteiger partial charge in [0, 0.05) is 44.2 Å². The smallest absolute Gasteiger partial charge is 0.191 e. The van der Waals surface area contributed by atoms with Gasteiger partial charge in [0.05, 0.1) is 12.2 Å². The number of ether oxygens (including phenoxy) is 1. The topological polar surface area (TPSA) is 66.7 Å². The van der Waals surface area contributed by atoms with E-state index >= 15 is 0 Å². The lowest BCUT2D eigenvalue weighted by Crippen LogP contribution is -2.54. The zero-order valence-corrected chi connectivity index (χ0v) is 21.5. The Morgan fingerprint density at radius 3 is 2.53 bits per heavy atom. The Bertz CT molecular complexity index is 812. The Hall–Kier alpha value is -1.65. The van der Waals surface area contributed by atoms with E-state index < -0.39 is 0 Å². The molecule has 2 N–H and O–H groups in total. The van der Waals surface area contributed by atoms with Crippen LogP contribution in [0.4, 0.5) is 0 Å².